The van der Waals surface area contributed by atoms with Gasteiger partial charge in [0, 0.05) is 25.3 Å². The average Bonchev–Trinajstić information content (AvgIpc) is 2.73. The molecule has 18 heavy (non-hydrogen) atoms. The number of nitrogens with zero attached hydrogens (tertiary/aromatic N) is 4. The Balaban J connectivity index is 1.94. The number of nitrogens with one attached hydrogen (secondary N) is 1. The van der Waals surface area contributed by atoms with Crippen LogP contribution in [0.5, 0.6) is 0 Å². The molecule has 0 atom stereocenters. The van der Waals surface area contributed by atoms with Crippen LogP contribution in [0.25, 0.3) is 5.65 Å². The van der Waals surface area contributed by atoms with E-state index in [4.69, 9.17) is 16.3 Å². The summed E-state index contributed by atoms with van der Waals surface area (Å²) in [5.41, 5.74) is 1.59. The second kappa shape index (κ2) is 4.70. The molecule has 1 aliphatic rings. The van der Waals surface area contributed by atoms with Gasteiger partial charge in [-0.2, -0.15) is 9.61 Å². The van der Waals surface area contributed by atoms with E-state index in [-0.39, 0.29) is 0 Å². The molecule has 0 radical (unpaired) electrons. The van der Waals surface area contributed by atoms with E-state index in [1.165, 1.54) is 0 Å². The van der Waals surface area contributed by atoms with Gasteiger partial charge in [0.05, 0.1) is 5.69 Å². The van der Waals surface area contributed by atoms with Crippen molar-refractivity contribution in [2.45, 2.75) is 25.8 Å². The Kier molecular flexibility index (Phi) is 3.05. The first-order chi connectivity index (χ1) is 8.74. The summed E-state index contributed by atoms with van der Waals surface area (Å²) in [5.74, 6) is 0.725. The second-order valence-electron chi connectivity index (χ2n) is 4.39. The van der Waals surface area contributed by atoms with Crippen molar-refractivity contribution in [1.29, 1.82) is 0 Å². The Bertz CT molecular complexity index is 564. The minimum atomic E-state index is 0.387. The minimum Gasteiger partial charge on any atom is -0.381 e. The molecule has 3 heterocycles. The van der Waals surface area contributed by atoms with Gasteiger partial charge in [-0.1, -0.05) is 11.6 Å². The smallest absolute Gasteiger partial charge is 0.201 e. The molecule has 2 aromatic rings. The summed E-state index contributed by atoms with van der Waals surface area (Å²) in [6.45, 7) is 3.43. The number of hydrogen-bond donors (Lipinski definition) is 1. The topological polar surface area (TPSA) is 64.3 Å². The van der Waals surface area contributed by atoms with Crippen molar-refractivity contribution in [3.05, 3.63) is 17.0 Å². The molecule has 1 N–H and O–H groups in total. The molecule has 96 valence electrons. The number of rotatable bonds is 2. The van der Waals surface area contributed by atoms with Gasteiger partial charge in [0.25, 0.3) is 0 Å². The fourth-order valence-electron chi connectivity index (χ4n) is 2.12. The SMILES string of the molecule is Cc1nnc2c(NC3CCOCC3)cc(Cl)nn12. The van der Waals surface area contributed by atoms with E-state index in [1.54, 1.807) is 10.6 Å². The Morgan fingerprint density at radius 3 is 2.94 bits per heavy atom. The first kappa shape index (κ1) is 11.7. The molecular formula is C11H14ClN5O. The van der Waals surface area contributed by atoms with E-state index in [9.17, 15) is 0 Å². The van der Waals surface area contributed by atoms with E-state index in [0.29, 0.717) is 16.8 Å². The van der Waals surface area contributed by atoms with Crippen molar-refractivity contribution in [3.8, 4) is 0 Å². The van der Waals surface area contributed by atoms with Gasteiger partial charge >= 0.3 is 0 Å². The molecule has 1 fully saturated rings. The zero-order valence-electron chi connectivity index (χ0n) is 10.1. The number of hydrogen-bond acceptors (Lipinski definition) is 5. The third-order valence-electron chi connectivity index (χ3n) is 3.08. The number of anilines is 1. The number of ether oxygens (including phenoxy) is 1. The van der Waals surface area contributed by atoms with E-state index >= 15 is 0 Å². The Hall–Kier alpha value is -1.40. The zero-order valence-corrected chi connectivity index (χ0v) is 10.8. The van der Waals surface area contributed by atoms with Crippen LogP contribution in [0.3, 0.4) is 0 Å². The quantitative estimate of drug-likeness (QED) is 0.897. The van der Waals surface area contributed by atoms with Crippen LogP contribution >= 0.6 is 11.6 Å². The monoisotopic (exact) mass is 267 g/mol. The van der Waals surface area contributed by atoms with Crippen molar-refractivity contribution in [3.63, 3.8) is 0 Å². The predicted octanol–water partition coefficient (Wildman–Crippen LogP) is 1.68. The lowest BCUT2D eigenvalue weighted by Gasteiger charge is -2.24. The minimum absolute atomic E-state index is 0.387. The standard InChI is InChI=1S/C11H14ClN5O/c1-7-14-15-11-9(6-10(12)16-17(7)11)13-8-2-4-18-5-3-8/h6,8,13H,2-5H2,1H3. The molecule has 3 rings (SSSR count). The van der Waals surface area contributed by atoms with Crippen LogP contribution in [-0.4, -0.2) is 39.1 Å². The molecule has 0 amide bonds. The van der Waals surface area contributed by atoms with Gasteiger partial charge in [0.2, 0.25) is 5.65 Å². The van der Waals surface area contributed by atoms with Gasteiger partial charge in [0.1, 0.15) is 0 Å². The van der Waals surface area contributed by atoms with Crippen molar-refractivity contribution in [2.24, 2.45) is 0 Å². The molecule has 0 saturated carbocycles. The number of halogens is 1. The van der Waals surface area contributed by atoms with Crippen molar-refractivity contribution >= 4 is 22.9 Å². The van der Waals surface area contributed by atoms with Gasteiger partial charge in [-0.05, 0) is 19.8 Å². The molecular weight excluding hydrogens is 254 g/mol. The summed E-state index contributed by atoms with van der Waals surface area (Å²) in [5, 5.41) is 16.2. The van der Waals surface area contributed by atoms with Gasteiger partial charge in [-0.25, -0.2) is 0 Å². The van der Waals surface area contributed by atoms with Crippen molar-refractivity contribution in [1.82, 2.24) is 19.8 Å². The lowest BCUT2D eigenvalue weighted by Crippen LogP contribution is -2.28. The summed E-state index contributed by atoms with van der Waals surface area (Å²) in [4.78, 5) is 0. The summed E-state index contributed by atoms with van der Waals surface area (Å²) in [7, 11) is 0. The Labute approximate surface area is 109 Å². The zero-order chi connectivity index (χ0) is 12.5. The van der Waals surface area contributed by atoms with Crippen LogP contribution in [-0.2, 0) is 4.74 Å². The van der Waals surface area contributed by atoms with Crippen LogP contribution in [0.4, 0.5) is 5.69 Å². The third-order valence-corrected chi connectivity index (χ3v) is 3.26. The maximum Gasteiger partial charge on any atom is 0.201 e. The first-order valence-electron chi connectivity index (χ1n) is 5.97. The molecule has 0 spiro atoms. The fraction of sp³-hybridized carbons (Fsp3) is 0.545. The first-order valence-corrected chi connectivity index (χ1v) is 6.34. The van der Waals surface area contributed by atoms with E-state index in [1.807, 2.05) is 6.92 Å². The van der Waals surface area contributed by atoms with E-state index < -0.39 is 0 Å². The Morgan fingerprint density at radius 1 is 1.39 bits per heavy atom. The van der Waals surface area contributed by atoms with E-state index in [0.717, 1.165) is 37.6 Å². The number of aromatic nitrogens is 4. The van der Waals surface area contributed by atoms with Crippen molar-refractivity contribution in [2.75, 3.05) is 18.5 Å². The normalized spacial score (nSPS) is 17.2. The highest BCUT2D eigenvalue weighted by molar-refractivity contribution is 6.29. The van der Waals surface area contributed by atoms with Gasteiger partial charge in [0.15, 0.2) is 11.0 Å². The highest BCUT2D eigenvalue weighted by Gasteiger charge is 2.17. The van der Waals surface area contributed by atoms with E-state index in [2.05, 4.69) is 20.6 Å². The molecule has 0 bridgehead atoms. The fourth-order valence-corrected chi connectivity index (χ4v) is 2.31. The molecule has 1 aliphatic heterocycles. The summed E-state index contributed by atoms with van der Waals surface area (Å²) in [6, 6.07) is 2.18. The average molecular weight is 268 g/mol. The maximum absolute atomic E-state index is 6.02. The molecule has 0 aromatic carbocycles. The molecule has 0 unspecified atom stereocenters. The summed E-state index contributed by atoms with van der Waals surface area (Å²) < 4.78 is 7.00. The van der Waals surface area contributed by atoms with Crippen LogP contribution in [0, 0.1) is 6.92 Å². The molecule has 0 aliphatic carbocycles. The highest BCUT2D eigenvalue weighted by Crippen LogP contribution is 2.22. The van der Waals surface area contributed by atoms with Gasteiger partial charge < -0.3 is 10.1 Å². The van der Waals surface area contributed by atoms with Crippen molar-refractivity contribution < 1.29 is 4.74 Å². The second-order valence-corrected chi connectivity index (χ2v) is 4.78. The number of fused-ring (bicyclic) bond motifs is 1. The van der Waals surface area contributed by atoms with Gasteiger partial charge in [-0.3, -0.25) is 0 Å². The molecule has 2 aromatic heterocycles. The molecule has 1 saturated heterocycles. The highest BCUT2D eigenvalue weighted by atomic mass is 35.5. The number of aryl methyl sites for hydroxylation is 1. The third kappa shape index (κ3) is 2.13. The van der Waals surface area contributed by atoms with Crippen LogP contribution < -0.4 is 5.32 Å². The largest absolute Gasteiger partial charge is 0.381 e. The van der Waals surface area contributed by atoms with Crippen LogP contribution in [0.1, 0.15) is 18.7 Å². The Morgan fingerprint density at radius 2 is 2.17 bits per heavy atom. The van der Waals surface area contributed by atoms with Gasteiger partial charge in [-0.15, -0.1) is 10.2 Å². The lowest BCUT2D eigenvalue weighted by molar-refractivity contribution is 0.0904. The summed E-state index contributed by atoms with van der Waals surface area (Å²) >= 11 is 6.02. The van der Waals surface area contributed by atoms with Crippen LogP contribution in [0.2, 0.25) is 5.15 Å². The van der Waals surface area contributed by atoms with Crippen LogP contribution in [0.15, 0.2) is 6.07 Å². The summed E-state index contributed by atoms with van der Waals surface area (Å²) in [6.07, 6.45) is 1.97. The maximum atomic E-state index is 6.02. The molecule has 7 heteroatoms. The molecule has 6 nitrogen and oxygen atoms in total. The predicted molar refractivity (Wildman–Crippen MR) is 68.0 cm³/mol. The lowest BCUT2D eigenvalue weighted by atomic mass is 10.1.